The summed E-state index contributed by atoms with van der Waals surface area (Å²) in [5, 5.41) is 12.1. The van der Waals surface area contributed by atoms with Gasteiger partial charge in [0.1, 0.15) is 23.7 Å². The fourth-order valence-electron chi connectivity index (χ4n) is 5.07. The molecule has 0 amide bonds. The lowest BCUT2D eigenvalue weighted by Crippen LogP contribution is -2.51. The maximum Gasteiger partial charge on any atom is 0.326 e. The number of rotatable bonds is 7. The molecule has 8 nitrogen and oxygen atoms in total. The van der Waals surface area contributed by atoms with Gasteiger partial charge in [0.05, 0.1) is 28.2 Å². The molecule has 14 heteroatoms. The molecule has 5 heterocycles. The van der Waals surface area contributed by atoms with Crippen LogP contribution in [0.3, 0.4) is 0 Å². The summed E-state index contributed by atoms with van der Waals surface area (Å²) >= 11 is 7.48. The molecule has 0 aliphatic carbocycles. The summed E-state index contributed by atoms with van der Waals surface area (Å²) in [4.78, 5) is 27.9. The average Bonchev–Trinajstić information content (AvgIpc) is 3.53. The molecule has 0 radical (unpaired) electrons. The molecule has 0 bridgehead atoms. The highest BCUT2D eigenvalue weighted by Crippen LogP contribution is 2.41. The number of hydrogen-bond acceptors (Lipinski definition) is 8. The lowest BCUT2D eigenvalue weighted by molar-refractivity contribution is -0.138. The molecular formula is C26H26ClF4N5O3S. The number of alkyl halides is 4. The van der Waals surface area contributed by atoms with Gasteiger partial charge in [-0.25, -0.2) is 37.3 Å². The summed E-state index contributed by atoms with van der Waals surface area (Å²) in [5.74, 6) is -4.77. The topological polar surface area (TPSA) is 91.7 Å². The summed E-state index contributed by atoms with van der Waals surface area (Å²) in [6.07, 6.45) is -2.41. The molecule has 214 valence electrons. The van der Waals surface area contributed by atoms with Crippen molar-refractivity contribution >= 4 is 40.4 Å². The van der Waals surface area contributed by atoms with E-state index in [0.717, 1.165) is 5.56 Å². The highest BCUT2D eigenvalue weighted by atomic mass is 35.5. The van der Waals surface area contributed by atoms with Gasteiger partial charge in [-0.2, -0.15) is 0 Å². The van der Waals surface area contributed by atoms with Crippen LogP contribution in [0.2, 0.25) is 5.02 Å². The number of carboxylic acid groups (broad SMARTS) is 1. The molecule has 3 aromatic heterocycles. The smallest absolute Gasteiger partial charge is 0.326 e. The van der Waals surface area contributed by atoms with Crippen LogP contribution in [-0.4, -0.2) is 63.2 Å². The number of halogens is 5. The van der Waals surface area contributed by atoms with Crippen molar-refractivity contribution in [2.24, 2.45) is 0 Å². The minimum absolute atomic E-state index is 0.0188. The van der Waals surface area contributed by atoms with Crippen molar-refractivity contribution in [3.63, 3.8) is 0 Å². The number of aromatic nitrogens is 3. The van der Waals surface area contributed by atoms with E-state index in [9.17, 15) is 27.5 Å². The Morgan fingerprint density at radius 2 is 2.02 bits per heavy atom. The summed E-state index contributed by atoms with van der Waals surface area (Å²) in [6.45, 7) is 3.61. The minimum Gasteiger partial charge on any atom is -0.480 e. The Morgan fingerprint density at radius 3 is 2.70 bits per heavy atom. The number of aliphatic carboxylic acids is 1. The summed E-state index contributed by atoms with van der Waals surface area (Å²) in [6, 6.07) is 2.51. The molecule has 5 rings (SSSR count). The maximum absolute atomic E-state index is 14.5. The van der Waals surface area contributed by atoms with Crippen LogP contribution in [0, 0.1) is 6.92 Å². The number of pyridine rings is 1. The molecule has 2 aliphatic heterocycles. The van der Waals surface area contributed by atoms with Gasteiger partial charge < -0.3 is 19.6 Å². The van der Waals surface area contributed by atoms with Gasteiger partial charge in [-0.3, -0.25) is 0 Å². The second-order valence-electron chi connectivity index (χ2n) is 9.95. The first kappa shape index (κ1) is 28.3. The zero-order chi connectivity index (χ0) is 28.8. The van der Waals surface area contributed by atoms with E-state index in [-0.39, 0.29) is 53.9 Å². The van der Waals surface area contributed by atoms with E-state index in [0.29, 0.717) is 11.4 Å². The summed E-state index contributed by atoms with van der Waals surface area (Å²) in [7, 11) is 0. The normalized spacial score (nSPS) is 22.6. The fraction of sp³-hybridized carbons (Fsp3) is 0.462. The first-order valence-corrected chi connectivity index (χ1v) is 13.9. The van der Waals surface area contributed by atoms with Crippen LogP contribution < -0.4 is 14.5 Å². The number of thiophene rings is 1. The molecule has 0 spiro atoms. The minimum atomic E-state index is -2.97. The zero-order valence-corrected chi connectivity index (χ0v) is 23.1. The van der Waals surface area contributed by atoms with E-state index in [1.807, 2.05) is 12.3 Å². The Bertz CT molecular complexity index is 1410. The van der Waals surface area contributed by atoms with Crippen molar-refractivity contribution in [1.29, 1.82) is 0 Å². The second kappa shape index (κ2) is 11.0. The average molecular weight is 600 g/mol. The van der Waals surface area contributed by atoms with E-state index in [4.69, 9.17) is 16.3 Å². The summed E-state index contributed by atoms with van der Waals surface area (Å²) in [5.41, 5.74) is 1.47. The van der Waals surface area contributed by atoms with Gasteiger partial charge in [0, 0.05) is 31.6 Å². The van der Waals surface area contributed by atoms with Crippen LogP contribution in [0.1, 0.15) is 44.0 Å². The SMILES string of the molecule is Cc1csc(-c2cc(N3C[C@@H](Oc4ncc(Cl)cc4N4CCCC(F)(F)C4C)C[C@H]3C(=O)O)nc(C(F)F)n2)c1. The third kappa shape index (κ3) is 5.67. The number of anilines is 2. The van der Waals surface area contributed by atoms with E-state index >= 15 is 0 Å². The van der Waals surface area contributed by atoms with Crippen molar-refractivity contribution in [2.75, 3.05) is 22.9 Å². The molecule has 1 unspecified atom stereocenters. The number of aryl methyl sites for hydroxylation is 1. The lowest BCUT2D eigenvalue weighted by atomic mass is 9.98. The van der Waals surface area contributed by atoms with E-state index in [1.165, 1.54) is 46.4 Å². The molecule has 1 N–H and O–H groups in total. The quantitative estimate of drug-likeness (QED) is 0.319. The van der Waals surface area contributed by atoms with Crippen LogP contribution in [0.25, 0.3) is 10.6 Å². The first-order valence-electron chi connectivity index (χ1n) is 12.6. The summed E-state index contributed by atoms with van der Waals surface area (Å²) < 4.78 is 62.6. The Labute approximate surface area is 236 Å². The molecule has 40 heavy (non-hydrogen) atoms. The standard InChI is InChI=1S/C26H26ClF4N5O3S/c1-13-6-20(40-12-13)17-9-21(34-23(33-17)22(28)29)36-11-16(8-19(36)25(37)38)39-24-18(7-15(27)10-32-24)35-5-3-4-26(30,31)14(35)2/h6-7,9-10,12,14,16,19,22H,3-5,8,11H2,1-2H3,(H,37,38)/t14?,16-,19-/m0/s1. The number of nitrogens with zero attached hydrogens (tertiary/aromatic N) is 5. The number of carbonyl (C=O) groups is 1. The van der Waals surface area contributed by atoms with Gasteiger partial charge in [0.25, 0.3) is 12.3 Å². The Hall–Kier alpha value is -3.19. The van der Waals surface area contributed by atoms with Crippen LogP contribution in [0.5, 0.6) is 5.88 Å². The number of piperidine rings is 1. The molecule has 2 fully saturated rings. The lowest BCUT2D eigenvalue weighted by Gasteiger charge is -2.41. The van der Waals surface area contributed by atoms with Gasteiger partial charge in [-0.05, 0) is 43.3 Å². The van der Waals surface area contributed by atoms with Crippen molar-refractivity contribution in [1.82, 2.24) is 15.0 Å². The van der Waals surface area contributed by atoms with Crippen LogP contribution in [0.4, 0.5) is 29.1 Å². The fourth-order valence-corrected chi connectivity index (χ4v) is 6.09. The van der Waals surface area contributed by atoms with E-state index in [1.54, 1.807) is 6.07 Å². The van der Waals surface area contributed by atoms with Gasteiger partial charge in [0.15, 0.2) is 5.82 Å². The molecule has 3 aromatic rings. The maximum atomic E-state index is 14.5. The van der Waals surface area contributed by atoms with Crippen molar-refractivity contribution in [2.45, 2.75) is 63.6 Å². The van der Waals surface area contributed by atoms with Gasteiger partial charge in [-0.1, -0.05) is 11.6 Å². The van der Waals surface area contributed by atoms with E-state index < -0.39 is 42.3 Å². The van der Waals surface area contributed by atoms with Gasteiger partial charge >= 0.3 is 5.97 Å². The van der Waals surface area contributed by atoms with Crippen LogP contribution in [-0.2, 0) is 4.79 Å². The van der Waals surface area contributed by atoms with Gasteiger partial charge in [-0.15, -0.1) is 11.3 Å². The molecule has 0 aromatic carbocycles. The third-order valence-corrected chi connectivity index (χ3v) is 8.40. The first-order chi connectivity index (χ1) is 18.9. The van der Waals surface area contributed by atoms with Crippen LogP contribution >= 0.6 is 22.9 Å². The second-order valence-corrected chi connectivity index (χ2v) is 11.3. The van der Waals surface area contributed by atoms with Crippen LogP contribution in [0.15, 0.2) is 29.8 Å². The highest BCUT2D eigenvalue weighted by Gasteiger charge is 2.45. The molecular weight excluding hydrogens is 574 g/mol. The predicted octanol–water partition coefficient (Wildman–Crippen LogP) is 6.23. The Kier molecular flexibility index (Phi) is 7.79. The number of carboxylic acids is 1. The largest absolute Gasteiger partial charge is 0.480 e. The van der Waals surface area contributed by atoms with Crippen molar-refractivity contribution in [3.05, 3.63) is 46.2 Å². The zero-order valence-electron chi connectivity index (χ0n) is 21.5. The molecule has 2 saturated heterocycles. The van der Waals surface area contributed by atoms with Crippen molar-refractivity contribution in [3.8, 4) is 16.5 Å². The molecule has 0 saturated carbocycles. The third-order valence-electron chi connectivity index (χ3n) is 7.12. The Morgan fingerprint density at radius 1 is 1.25 bits per heavy atom. The number of hydrogen-bond donors (Lipinski definition) is 1. The number of ether oxygens (including phenoxy) is 1. The van der Waals surface area contributed by atoms with E-state index in [2.05, 4.69) is 15.0 Å². The predicted molar refractivity (Wildman–Crippen MR) is 143 cm³/mol. The van der Waals surface area contributed by atoms with Gasteiger partial charge in [0.2, 0.25) is 5.88 Å². The highest BCUT2D eigenvalue weighted by molar-refractivity contribution is 7.13. The molecule has 2 aliphatic rings. The monoisotopic (exact) mass is 599 g/mol. The van der Waals surface area contributed by atoms with Crippen molar-refractivity contribution < 1.29 is 32.2 Å². The molecule has 3 atom stereocenters. The Balaban J connectivity index is 1.46.